The Morgan fingerprint density at radius 1 is 0.680 bits per heavy atom. The molecule has 2 aromatic carbocycles. The number of Topliss-reactive ketones (excluding diaryl/α,β-unsaturated/α-hetero) is 3. The predicted molar refractivity (Wildman–Crippen MR) is 350 cm³/mol. The molecule has 3 aliphatic heterocycles. The van der Waals surface area contributed by atoms with Crippen molar-refractivity contribution in [2.75, 3.05) is 31.9 Å². The molecule has 0 spiro atoms. The van der Waals surface area contributed by atoms with Gasteiger partial charge in [0.2, 0.25) is 41.1 Å². The number of imide groups is 1. The first-order valence-corrected chi connectivity index (χ1v) is 33.1. The van der Waals surface area contributed by atoms with Gasteiger partial charge in [-0.15, -0.1) is 25.1 Å². The third-order valence-corrected chi connectivity index (χ3v) is 17.7. The van der Waals surface area contributed by atoms with Crippen LogP contribution in [-0.4, -0.2) is 190 Å². The number of alkyl halides is 2. The Labute approximate surface area is 576 Å². The molecule has 1 unspecified atom stereocenters. The molecule has 1 saturated heterocycles. The maximum absolute atomic E-state index is 15.8. The number of benzene rings is 2. The number of allylic oxidation sites excluding steroid dienone is 2. The number of nitrogens with zero attached hydrogens (tertiary/aromatic N) is 3. The van der Waals surface area contributed by atoms with E-state index in [9.17, 15) is 82.4 Å². The summed E-state index contributed by atoms with van der Waals surface area (Å²) in [5.41, 5.74) is 9.39. The van der Waals surface area contributed by atoms with Crippen LogP contribution in [0.4, 0.5) is 13.6 Å². The number of unbranched alkanes of at least 4 members (excludes halogenated alkanes) is 1. The highest BCUT2D eigenvalue weighted by molar-refractivity contribution is 8.00. The van der Waals surface area contributed by atoms with Crippen LogP contribution in [0.2, 0.25) is 0 Å². The number of aromatic nitrogens is 1. The zero-order valence-corrected chi connectivity index (χ0v) is 55.7. The van der Waals surface area contributed by atoms with Gasteiger partial charge in [0.05, 0.1) is 35.4 Å². The minimum Gasteiger partial charge on any atom is -0.481 e. The second-order valence-electron chi connectivity index (χ2n) is 23.9. The number of ketones is 3. The molecule has 0 saturated carbocycles. The van der Waals surface area contributed by atoms with Gasteiger partial charge in [0.25, 0.3) is 0 Å². The number of hydrogen-bond acceptors (Lipinski definition) is 18. The molecule has 3 aromatic rings. The smallest absolute Gasteiger partial charge is 0.481 e. The van der Waals surface area contributed by atoms with E-state index >= 15 is 8.78 Å². The van der Waals surface area contributed by atoms with Crippen molar-refractivity contribution in [1.82, 2.24) is 41.4 Å². The van der Waals surface area contributed by atoms with Crippen LogP contribution in [-0.2, 0) is 90.9 Å². The number of aryl methyl sites for hydroxylation is 2. The summed E-state index contributed by atoms with van der Waals surface area (Å²) in [6.45, 7) is 2.26. The Balaban J connectivity index is 0.00000590. The number of carbonyl (C=O) groups is 14. The Bertz CT molecular complexity index is 3670. The van der Waals surface area contributed by atoms with E-state index in [1.807, 2.05) is 0 Å². The second kappa shape index (κ2) is 39.3. The number of amides is 8. The maximum Gasteiger partial charge on any atom is 0.565 e. The summed E-state index contributed by atoms with van der Waals surface area (Å²) in [6.07, 6.45) is -1.58. The third-order valence-electron chi connectivity index (χ3n) is 16.3. The van der Waals surface area contributed by atoms with E-state index in [2.05, 4.69) is 31.9 Å². The number of nitrogens with one attached hydrogen (secondary N) is 6. The maximum atomic E-state index is 15.8. The lowest BCUT2D eigenvalue weighted by Crippen LogP contribution is -2.53. The quantitative estimate of drug-likeness (QED) is 0.0168. The minimum atomic E-state index is -3.43. The molecule has 33 heteroatoms. The van der Waals surface area contributed by atoms with E-state index in [-0.39, 0.29) is 126 Å². The van der Waals surface area contributed by atoms with Crippen molar-refractivity contribution in [3.63, 3.8) is 0 Å². The first kappa shape index (κ1) is 80.3. The molecule has 0 bridgehead atoms. The molecular weight excluding hydrogens is 1330 g/mol. The van der Waals surface area contributed by atoms with Gasteiger partial charge < -0.3 is 58.1 Å². The summed E-state index contributed by atoms with van der Waals surface area (Å²) in [7, 11) is 0. The Kier molecular flexibility index (Phi) is 31.5. The van der Waals surface area contributed by atoms with Crippen LogP contribution in [0, 0.1) is 25.7 Å². The number of likely N-dealkylation sites (tertiary alicyclic amines) is 1. The topological polar surface area (TPSA) is 463 Å². The molecule has 3 aliphatic rings. The van der Waals surface area contributed by atoms with E-state index in [0.29, 0.717) is 28.1 Å². The third kappa shape index (κ3) is 24.8. The van der Waals surface area contributed by atoms with Crippen molar-refractivity contribution >= 4 is 112 Å². The van der Waals surface area contributed by atoms with Gasteiger partial charge in [0, 0.05) is 120 Å². The summed E-state index contributed by atoms with van der Waals surface area (Å²) in [5.74, 6) is -14.8. The van der Waals surface area contributed by atoms with Gasteiger partial charge in [0.15, 0.2) is 17.3 Å². The van der Waals surface area contributed by atoms with Gasteiger partial charge >= 0.3 is 42.2 Å². The number of aliphatic carboxylic acids is 4. The van der Waals surface area contributed by atoms with E-state index in [1.165, 1.54) is 6.08 Å². The highest BCUT2D eigenvalue weighted by Gasteiger charge is 2.54. The van der Waals surface area contributed by atoms with Gasteiger partial charge in [-0.1, -0.05) is 60.7 Å². The normalized spacial score (nSPS) is 15.9. The average Bonchev–Trinajstić information content (AvgIpc) is 1.56. The average molecular weight is 1420 g/mol. The summed E-state index contributed by atoms with van der Waals surface area (Å²) in [5, 5.41) is 51.8. The minimum absolute atomic E-state index is 0.00396. The second-order valence-corrected chi connectivity index (χ2v) is 25.2. The monoisotopic (exact) mass is 1420 g/mol. The first-order valence-electron chi connectivity index (χ1n) is 32.0. The van der Waals surface area contributed by atoms with Crippen molar-refractivity contribution in [1.29, 1.82) is 0 Å². The van der Waals surface area contributed by atoms with Crippen LogP contribution in [0.3, 0.4) is 0 Å². The number of nitrogens with two attached hydrogens (primary N) is 1. The Hall–Kier alpha value is -10.4. The largest absolute Gasteiger partial charge is 0.565 e. The van der Waals surface area contributed by atoms with Crippen molar-refractivity contribution in [2.24, 2.45) is 17.6 Å². The van der Waals surface area contributed by atoms with Crippen LogP contribution >= 0.6 is 11.8 Å². The van der Waals surface area contributed by atoms with Crippen LogP contribution in [0.25, 0.3) is 6.08 Å². The molecule has 0 aliphatic carbocycles. The number of rotatable bonds is 42. The van der Waals surface area contributed by atoms with Crippen molar-refractivity contribution < 1.29 is 110 Å². The number of carbonyl (C=O) groups excluding carboxylic acids is 12. The fourth-order valence-corrected chi connectivity index (χ4v) is 12.5. The summed E-state index contributed by atoms with van der Waals surface area (Å²) < 4.78 is 33.4. The number of urea groups is 1. The molecule has 8 amide bonds. The van der Waals surface area contributed by atoms with E-state index in [1.54, 1.807) is 92.7 Å². The molecule has 100 heavy (non-hydrogen) atoms. The zero-order valence-electron chi connectivity index (χ0n) is 54.9. The van der Waals surface area contributed by atoms with Crippen LogP contribution < -0.4 is 37.6 Å². The molecule has 538 valence electrons. The highest BCUT2D eigenvalue weighted by atomic mass is 32.2. The summed E-state index contributed by atoms with van der Waals surface area (Å²) in [4.78, 5) is 197. The van der Waals surface area contributed by atoms with Gasteiger partial charge in [-0.3, -0.25) is 62.4 Å². The SMILES string of the molecule is Cc1cc(C)n2c1C=C1C=CC(CCC(=O)NCCN3C(=O)CC(SC[C@H](CC(=O)[C@H](CC(=O)O)NC(=O)[C@@H](N)CNC(=O)[C@@H](CC(=O)[C@H](Cc4ccccc4)NC(=O)CCCCC(=O)CC[C@H](NC(=O)NCCCC(=O)O)C(=O)O)Cc4ccccc4)C(=O)O)C3=O)=[N+]1C2(F)F.O=C=O. The van der Waals surface area contributed by atoms with Gasteiger partial charge in [-0.2, -0.15) is 9.59 Å². The Morgan fingerprint density at radius 2 is 1.31 bits per heavy atom. The lowest BCUT2D eigenvalue weighted by atomic mass is 9.89. The van der Waals surface area contributed by atoms with Crippen molar-refractivity contribution in [2.45, 2.75) is 152 Å². The molecule has 6 rings (SSSR count). The van der Waals surface area contributed by atoms with E-state index in [4.69, 9.17) is 20.4 Å². The van der Waals surface area contributed by atoms with Gasteiger partial charge in [-0.05, 0) is 75.1 Å². The number of carboxylic acid groups (broad SMARTS) is 4. The summed E-state index contributed by atoms with van der Waals surface area (Å²) >= 11 is 0.764. The molecule has 0 radical (unpaired) electrons. The fourth-order valence-electron chi connectivity index (χ4n) is 11.2. The van der Waals surface area contributed by atoms with Gasteiger partial charge in [-0.25, -0.2) is 14.2 Å². The number of hydrogen-bond donors (Lipinski definition) is 11. The first-order chi connectivity index (χ1) is 47.4. The van der Waals surface area contributed by atoms with Crippen LogP contribution in [0.5, 0.6) is 0 Å². The molecule has 1 aromatic heterocycles. The zero-order chi connectivity index (χ0) is 73.8. The molecular formula is C67H81F2N10O20S+. The molecule has 4 heterocycles. The summed E-state index contributed by atoms with van der Waals surface area (Å²) in [6, 6.07) is 12.1. The molecule has 1 fully saturated rings. The van der Waals surface area contributed by atoms with Gasteiger partial charge in [0.1, 0.15) is 17.9 Å². The standard InChI is InChI=1S/C66H80F2N10O18S.CO2/c1-38-28-39(2)77-51(38)33-45-20-19-44(78(45)66(77,67)68)21-24-55(82)70-26-27-76-57(84)35-54(62(76)91)97-37-43(63(92)93)32-53(81)50(34-59(87)88)74-61(90)47(69)36-72-60(89)42(29-40-12-5-3-6-13-40)31-52(80)49(30-41-14-7-4-8-15-41)73-56(83)17-10-9-16-46(79)22-23-48(64(94)95)75-65(96)71-25-11-18-58(85)86;2-1-3/h3-8,12-15,19-20,28,33,42-43,47-50,54H,9-11,16-18,21-27,29-32,34-37,69H2,1-2H3,(H9-,70,71,72,73,74,75,82,83,85,86,87,88,89,90,92,93,94,95,96);/p+1/t42-,43+,47+,48+,49+,50+,54?;/m1./s1. The number of fused-ring (bicyclic) bond motifs is 2. The van der Waals surface area contributed by atoms with E-state index in [0.717, 1.165) is 25.8 Å². The highest BCUT2D eigenvalue weighted by Crippen LogP contribution is 2.39. The Morgan fingerprint density at radius 3 is 1.94 bits per heavy atom. The van der Waals surface area contributed by atoms with Crippen molar-refractivity contribution in [3.05, 3.63) is 113 Å². The fraction of sp³-hybridized carbons (Fsp3) is 0.463. The number of carboxylic acids is 4. The van der Waals surface area contributed by atoms with Crippen LogP contribution in [0.15, 0.2) is 84.6 Å². The van der Waals surface area contributed by atoms with E-state index < -0.39 is 156 Å². The number of thioether (sulfide) groups is 1. The lowest BCUT2D eigenvalue weighted by molar-refractivity contribution is -0.674. The number of halogens is 2. The van der Waals surface area contributed by atoms with Crippen LogP contribution in [0.1, 0.15) is 118 Å². The molecule has 30 nitrogen and oxygen atoms in total. The van der Waals surface area contributed by atoms with Crippen molar-refractivity contribution in [3.8, 4) is 0 Å². The lowest BCUT2D eigenvalue weighted by Gasteiger charge is -2.23. The molecule has 12 N–H and O–H groups in total. The predicted octanol–water partition coefficient (Wildman–Crippen LogP) is 2.30. The molecule has 7 atom stereocenters.